The first-order valence-corrected chi connectivity index (χ1v) is 13.4. The Morgan fingerprint density at radius 2 is 1.74 bits per heavy atom. The molecule has 2 amide bonds. The van der Waals surface area contributed by atoms with E-state index in [0.717, 1.165) is 23.4 Å². The van der Waals surface area contributed by atoms with Crippen LogP contribution in [-0.2, 0) is 26.2 Å². The van der Waals surface area contributed by atoms with Crippen LogP contribution in [0.4, 0.5) is 10.1 Å². The van der Waals surface area contributed by atoms with E-state index in [4.69, 9.17) is 4.74 Å². The molecule has 2 aromatic carbocycles. The summed E-state index contributed by atoms with van der Waals surface area (Å²) < 4.78 is 45.9. The molecular weight excluding hydrogens is 473 g/mol. The predicted molar refractivity (Wildman–Crippen MR) is 134 cm³/mol. The quantitative estimate of drug-likeness (QED) is 0.420. The molecule has 2 aromatic rings. The second kappa shape index (κ2) is 13.1. The minimum absolute atomic E-state index is 0.186. The molecular formula is C25H34FN3O5S. The number of sulfonamides is 1. The minimum Gasteiger partial charge on any atom is -0.494 e. The van der Waals surface area contributed by atoms with Crippen molar-refractivity contribution in [1.29, 1.82) is 0 Å². The lowest BCUT2D eigenvalue weighted by atomic mass is 10.1. The van der Waals surface area contributed by atoms with Gasteiger partial charge in [0, 0.05) is 18.7 Å². The zero-order valence-electron chi connectivity index (χ0n) is 20.7. The predicted octanol–water partition coefficient (Wildman–Crippen LogP) is 3.32. The van der Waals surface area contributed by atoms with E-state index in [1.165, 1.54) is 23.1 Å². The van der Waals surface area contributed by atoms with Crippen LogP contribution >= 0.6 is 0 Å². The summed E-state index contributed by atoms with van der Waals surface area (Å²) in [5.74, 6) is -0.981. The highest BCUT2D eigenvalue weighted by Crippen LogP contribution is 2.23. The highest BCUT2D eigenvalue weighted by molar-refractivity contribution is 7.92. The van der Waals surface area contributed by atoms with Crippen LogP contribution in [0.5, 0.6) is 5.75 Å². The molecule has 0 saturated carbocycles. The Kier molecular flexibility index (Phi) is 10.5. The van der Waals surface area contributed by atoms with E-state index >= 15 is 0 Å². The molecule has 0 spiro atoms. The summed E-state index contributed by atoms with van der Waals surface area (Å²) >= 11 is 0. The number of hydrogen-bond acceptors (Lipinski definition) is 5. The van der Waals surface area contributed by atoms with Crippen molar-refractivity contribution in [2.45, 2.75) is 46.2 Å². The Labute approximate surface area is 207 Å². The molecule has 10 heteroatoms. The van der Waals surface area contributed by atoms with E-state index in [1.807, 2.05) is 13.8 Å². The first-order chi connectivity index (χ1) is 16.6. The largest absolute Gasteiger partial charge is 0.494 e. The smallest absolute Gasteiger partial charge is 0.244 e. The number of ether oxygens (including phenoxy) is 1. The van der Waals surface area contributed by atoms with E-state index in [1.54, 1.807) is 37.3 Å². The standard InChI is InChI=1S/C25H34FN3O5S/c1-5-7-16-27-25(31)19(3)28(17-20-10-8-9-11-23(20)26)24(30)18-29(35(4,32)33)21-12-14-22(15-13-21)34-6-2/h8-15,19H,5-7,16-18H2,1-4H3,(H,27,31). The molecule has 0 aliphatic heterocycles. The third kappa shape index (κ3) is 8.24. The van der Waals surface area contributed by atoms with Gasteiger partial charge in [-0.1, -0.05) is 31.5 Å². The van der Waals surface area contributed by atoms with E-state index < -0.39 is 40.2 Å². The Morgan fingerprint density at radius 3 is 2.31 bits per heavy atom. The van der Waals surface area contributed by atoms with Gasteiger partial charge in [-0.25, -0.2) is 12.8 Å². The molecule has 35 heavy (non-hydrogen) atoms. The van der Waals surface area contributed by atoms with E-state index in [9.17, 15) is 22.4 Å². The summed E-state index contributed by atoms with van der Waals surface area (Å²) in [5, 5.41) is 2.78. The van der Waals surface area contributed by atoms with Crippen molar-refractivity contribution in [3.05, 3.63) is 59.9 Å². The Bertz CT molecular complexity index is 1090. The summed E-state index contributed by atoms with van der Waals surface area (Å²) in [5.41, 5.74) is 0.497. The number of unbranched alkanes of at least 4 members (excludes halogenated alkanes) is 1. The number of rotatable bonds is 13. The molecule has 8 nitrogen and oxygen atoms in total. The maximum atomic E-state index is 14.4. The summed E-state index contributed by atoms with van der Waals surface area (Å²) in [7, 11) is -3.85. The van der Waals surface area contributed by atoms with Crippen LogP contribution in [0.2, 0.25) is 0 Å². The third-order valence-corrected chi connectivity index (χ3v) is 6.55. The normalized spacial score (nSPS) is 12.0. The van der Waals surface area contributed by atoms with E-state index in [2.05, 4.69) is 5.32 Å². The fourth-order valence-electron chi connectivity index (χ4n) is 3.42. The van der Waals surface area contributed by atoms with Gasteiger partial charge in [0.2, 0.25) is 21.8 Å². The van der Waals surface area contributed by atoms with Gasteiger partial charge in [0.05, 0.1) is 18.6 Å². The third-order valence-electron chi connectivity index (χ3n) is 5.41. The Morgan fingerprint density at radius 1 is 1.09 bits per heavy atom. The molecule has 1 unspecified atom stereocenters. The highest BCUT2D eigenvalue weighted by Gasteiger charge is 2.30. The van der Waals surface area contributed by atoms with Crippen molar-refractivity contribution in [2.24, 2.45) is 0 Å². The van der Waals surface area contributed by atoms with Crippen molar-refractivity contribution in [2.75, 3.05) is 30.3 Å². The molecule has 0 aromatic heterocycles. The van der Waals surface area contributed by atoms with Gasteiger partial charge >= 0.3 is 0 Å². The average molecular weight is 508 g/mol. The van der Waals surface area contributed by atoms with Gasteiger partial charge in [-0.05, 0) is 50.6 Å². The van der Waals surface area contributed by atoms with Gasteiger partial charge < -0.3 is 15.0 Å². The topological polar surface area (TPSA) is 96.0 Å². The molecule has 1 atom stereocenters. The number of nitrogens with one attached hydrogen (secondary N) is 1. The van der Waals surface area contributed by atoms with Crippen LogP contribution in [0.25, 0.3) is 0 Å². The molecule has 0 aliphatic carbocycles. The highest BCUT2D eigenvalue weighted by atomic mass is 32.2. The second-order valence-corrected chi connectivity index (χ2v) is 10.0. The molecule has 0 bridgehead atoms. The molecule has 0 heterocycles. The van der Waals surface area contributed by atoms with Crippen LogP contribution in [0.1, 0.15) is 39.2 Å². The molecule has 0 fully saturated rings. The van der Waals surface area contributed by atoms with Crippen molar-refractivity contribution in [3.63, 3.8) is 0 Å². The number of amides is 2. The lowest BCUT2D eigenvalue weighted by Gasteiger charge is -2.31. The fraction of sp³-hybridized carbons (Fsp3) is 0.440. The number of carbonyl (C=O) groups is 2. The zero-order chi connectivity index (χ0) is 26.0. The van der Waals surface area contributed by atoms with Crippen LogP contribution in [0.15, 0.2) is 48.5 Å². The molecule has 1 N–H and O–H groups in total. The molecule has 0 aliphatic rings. The number of nitrogens with zero attached hydrogens (tertiary/aromatic N) is 2. The summed E-state index contributed by atoms with van der Waals surface area (Å²) in [4.78, 5) is 27.4. The fourth-order valence-corrected chi connectivity index (χ4v) is 4.27. The Balaban J connectivity index is 2.34. The maximum Gasteiger partial charge on any atom is 0.244 e. The molecule has 192 valence electrons. The zero-order valence-corrected chi connectivity index (χ0v) is 21.5. The number of halogens is 1. The van der Waals surface area contributed by atoms with Crippen LogP contribution in [0, 0.1) is 5.82 Å². The van der Waals surface area contributed by atoms with E-state index in [-0.39, 0.29) is 17.8 Å². The van der Waals surface area contributed by atoms with Crippen molar-refractivity contribution >= 4 is 27.5 Å². The van der Waals surface area contributed by atoms with Crippen molar-refractivity contribution in [3.8, 4) is 5.75 Å². The maximum absolute atomic E-state index is 14.4. The van der Waals surface area contributed by atoms with Crippen molar-refractivity contribution in [1.82, 2.24) is 10.2 Å². The van der Waals surface area contributed by atoms with Gasteiger partial charge in [0.25, 0.3) is 0 Å². The van der Waals surface area contributed by atoms with Gasteiger partial charge in [-0.3, -0.25) is 13.9 Å². The number of hydrogen-bond donors (Lipinski definition) is 1. The first-order valence-electron chi connectivity index (χ1n) is 11.6. The molecule has 0 saturated heterocycles. The van der Waals surface area contributed by atoms with E-state index in [0.29, 0.717) is 18.9 Å². The minimum atomic E-state index is -3.85. The summed E-state index contributed by atoms with van der Waals surface area (Å²) in [6.45, 7) is 5.54. The number of anilines is 1. The lowest BCUT2D eigenvalue weighted by molar-refractivity contribution is -0.139. The van der Waals surface area contributed by atoms with Gasteiger partial charge in [-0.2, -0.15) is 0 Å². The monoisotopic (exact) mass is 507 g/mol. The second-order valence-electron chi connectivity index (χ2n) is 8.13. The number of benzene rings is 2. The van der Waals surface area contributed by atoms with Crippen LogP contribution < -0.4 is 14.4 Å². The van der Waals surface area contributed by atoms with Crippen LogP contribution in [0.3, 0.4) is 0 Å². The lowest BCUT2D eigenvalue weighted by Crippen LogP contribution is -2.51. The average Bonchev–Trinajstić information content (AvgIpc) is 2.81. The summed E-state index contributed by atoms with van der Waals surface area (Å²) in [6.07, 6.45) is 2.66. The van der Waals surface area contributed by atoms with Gasteiger partial charge in [0.1, 0.15) is 24.2 Å². The number of carbonyl (C=O) groups excluding carboxylic acids is 2. The van der Waals surface area contributed by atoms with Gasteiger partial charge in [-0.15, -0.1) is 0 Å². The Hall–Kier alpha value is -3.14. The van der Waals surface area contributed by atoms with Gasteiger partial charge in [0.15, 0.2) is 0 Å². The molecule has 2 rings (SSSR count). The first kappa shape index (κ1) is 28.1. The van der Waals surface area contributed by atoms with Crippen LogP contribution in [-0.4, -0.2) is 57.1 Å². The summed E-state index contributed by atoms with van der Waals surface area (Å²) in [6, 6.07) is 11.3. The van der Waals surface area contributed by atoms with Crippen molar-refractivity contribution < 1.29 is 27.1 Å². The SMILES string of the molecule is CCCCNC(=O)C(C)N(Cc1ccccc1F)C(=O)CN(c1ccc(OCC)cc1)S(C)(=O)=O. The molecule has 0 radical (unpaired) electrons.